The minimum absolute atomic E-state index is 0.325. The molecule has 2 aromatic heterocycles. The fourth-order valence-corrected chi connectivity index (χ4v) is 3.13. The van der Waals surface area contributed by atoms with Crippen LogP contribution in [0.15, 0.2) is 10.8 Å². The van der Waals surface area contributed by atoms with Crippen LogP contribution in [0.25, 0.3) is 10.9 Å². The van der Waals surface area contributed by atoms with Gasteiger partial charge in [-0.05, 0) is 24.4 Å². The number of hydrogen-bond donors (Lipinski definition) is 1. The monoisotopic (exact) mass is 253 g/mol. The fraction of sp³-hybridized carbons (Fsp3) is 0.455. The van der Waals surface area contributed by atoms with E-state index in [1.54, 1.807) is 11.3 Å². The van der Waals surface area contributed by atoms with Crippen molar-refractivity contribution >= 4 is 39.7 Å². The van der Waals surface area contributed by atoms with Gasteiger partial charge in [-0.1, -0.05) is 12.8 Å². The van der Waals surface area contributed by atoms with Gasteiger partial charge in [0.2, 0.25) is 5.28 Å². The van der Waals surface area contributed by atoms with Gasteiger partial charge in [0, 0.05) is 16.8 Å². The van der Waals surface area contributed by atoms with Gasteiger partial charge in [-0.15, -0.1) is 11.3 Å². The standard InChI is InChI=1S/C11H12ClN3S/c12-11-14-9-6-16-5-8(9)10(15-11)13-7-3-1-2-4-7/h5-7H,1-4H2,(H,13,14,15). The smallest absolute Gasteiger partial charge is 0.224 e. The van der Waals surface area contributed by atoms with Crippen molar-refractivity contribution in [1.82, 2.24) is 9.97 Å². The first-order valence-corrected chi connectivity index (χ1v) is 6.81. The van der Waals surface area contributed by atoms with Crippen LogP contribution in [0, 0.1) is 0 Å². The molecule has 0 amide bonds. The molecule has 16 heavy (non-hydrogen) atoms. The minimum Gasteiger partial charge on any atom is -0.367 e. The van der Waals surface area contributed by atoms with Gasteiger partial charge < -0.3 is 5.32 Å². The van der Waals surface area contributed by atoms with Crippen molar-refractivity contribution in [1.29, 1.82) is 0 Å². The summed E-state index contributed by atoms with van der Waals surface area (Å²) < 4.78 is 0. The van der Waals surface area contributed by atoms with Crippen molar-refractivity contribution in [3.05, 3.63) is 16.0 Å². The van der Waals surface area contributed by atoms with Gasteiger partial charge in [-0.25, -0.2) is 9.97 Å². The van der Waals surface area contributed by atoms with Crippen molar-refractivity contribution in [3.8, 4) is 0 Å². The van der Waals surface area contributed by atoms with Gasteiger partial charge in [-0.3, -0.25) is 0 Å². The molecular formula is C11H12ClN3S. The van der Waals surface area contributed by atoms with Gasteiger partial charge in [0.1, 0.15) is 5.82 Å². The molecule has 3 rings (SSSR count). The molecule has 0 saturated heterocycles. The van der Waals surface area contributed by atoms with Crippen LogP contribution in [-0.2, 0) is 0 Å². The lowest BCUT2D eigenvalue weighted by molar-refractivity contribution is 0.751. The van der Waals surface area contributed by atoms with Gasteiger partial charge in [0.05, 0.1) is 10.9 Å². The van der Waals surface area contributed by atoms with Crippen LogP contribution >= 0.6 is 22.9 Å². The second-order valence-corrected chi connectivity index (χ2v) is 5.22. The molecule has 1 N–H and O–H groups in total. The lowest BCUT2D eigenvalue weighted by Crippen LogP contribution is -2.15. The Bertz CT molecular complexity index is 505. The molecule has 0 aliphatic heterocycles. The molecule has 0 unspecified atom stereocenters. The van der Waals surface area contributed by atoms with E-state index in [0.29, 0.717) is 11.3 Å². The molecule has 0 atom stereocenters. The maximum absolute atomic E-state index is 5.91. The molecule has 3 nitrogen and oxygen atoms in total. The Morgan fingerprint density at radius 1 is 1.25 bits per heavy atom. The normalized spacial score (nSPS) is 17.1. The van der Waals surface area contributed by atoms with E-state index in [0.717, 1.165) is 16.7 Å². The highest BCUT2D eigenvalue weighted by atomic mass is 35.5. The summed E-state index contributed by atoms with van der Waals surface area (Å²) in [6.45, 7) is 0. The zero-order chi connectivity index (χ0) is 11.0. The number of hydrogen-bond acceptors (Lipinski definition) is 4. The number of nitrogens with one attached hydrogen (secondary N) is 1. The second kappa shape index (κ2) is 4.18. The number of aromatic nitrogens is 2. The highest BCUT2D eigenvalue weighted by Crippen LogP contribution is 2.28. The summed E-state index contributed by atoms with van der Waals surface area (Å²) in [4.78, 5) is 8.48. The average molecular weight is 254 g/mol. The quantitative estimate of drug-likeness (QED) is 0.830. The molecule has 1 aliphatic carbocycles. The Morgan fingerprint density at radius 3 is 2.88 bits per heavy atom. The maximum Gasteiger partial charge on any atom is 0.224 e. The SMILES string of the molecule is Clc1nc(NC2CCCC2)c2cscc2n1. The Morgan fingerprint density at radius 2 is 2.06 bits per heavy atom. The molecule has 5 heteroatoms. The van der Waals surface area contributed by atoms with Gasteiger partial charge in [0.15, 0.2) is 0 Å². The summed E-state index contributed by atoms with van der Waals surface area (Å²) in [6, 6.07) is 0.550. The Labute approximate surface area is 103 Å². The van der Waals surface area contributed by atoms with E-state index in [2.05, 4.69) is 20.7 Å². The van der Waals surface area contributed by atoms with E-state index in [9.17, 15) is 0 Å². The second-order valence-electron chi connectivity index (χ2n) is 4.14. The van der Waals surface area contributed by atoms with E-state index in [-0.39, 0.29) is 0 Å². The van der Waals surface area contributed by atoms with Crippen molar-refractivity contribution in [3.63, 3.8) is 0 Å². The summed E-state index contributed by atoms with van der Waals surface area (Å²) in [5.74, 6) is 0.892. The Kier molecular flexibility index (Phi) is 2.69. The lowest BCUT2D eigenvalue weighted by Gasteiger charge is -2.13. The van der Waals surface area contributed by atoms with Crippen LogP contribution in [0.4, 0.5) is 5.82 Å². The molecule has 1 fully saturated rings. The molecule has 0 aromatic carbocycles. The van der Waals surface area contributed by atoms with E-state index in [1.165, 1.54) is 25.7 Å². The molecule has 2 heterocycles. The van der Waals surface area contributed by atoms with E-state index in [4.69, 9.17) is 11.6 Å². The summed E-state index contributed by atoms with van der Waals surface area (Å²) in [5, 5.41) is 8.97. The van der Waals surface area contributed by atoms with E-state index >= 15 is 0 Å². The first-order valence-electron chi connectivity index (χ1n) is 5.49. The molecule has 0 bridgehead atoms. The highest BCUT2D eigenvalue weighted by molar-refractivity contribution is 7.09. The molecular weight excluding hydrogens is 242 g/mol. The first-order chi connectivity index (χ1) is 7.83. The average Bonchev–Trinajstić information content (AvgIpc) is 2.87. The predicted octanol–water partition coefficient (Wildman–Crippen LogP) is 3.70. The third kappa shape index (κ3) is 1.87. The van der Waals surface area contributed by atoms with Crippen molar-refractivity contribution in [2.45, 2.75) is 31.7 Å². The maximum atomic E-state index is 5.91. The number of thiophene rings is 1. The molecule has 84 valence electrons. The summed E-state index contributed by atoms with van der Waals surface area (Å²) >= 11 is 7.54. The van der Waals surface area contributed by atoms with E-state index < -0.39 is 0 Å². The van der Waals surface area contributed by atoms with Gasteiger partial charge in [0.25, 0.3) is 0 Å². The number of nitrogens with zero attached hydrogens (tertiary/aromatic N) is 2. The van der Waals surface area contributed by atoms with Gasteiger partial charge >= 0.3 is 0 Å². The zero-order valence-corrected chi connectivity index (χ0v) is 10.3. The van der Waals surface area contributed by atoms with Crippen LogP contribution in [0.3, 0.4) is 0 Å². The first kappa shape index (κ1) is 10.3. The number of fused-ring (bicyclic) bond motifs is 1. The largest absolute Gasteiger partial charge is 0.367 e. The predicted molar refractivity (Wildman–Crippen MR) is 68.3 cm³/mol. The Hall–Kier alpha value is -0.870. The van der Waals surface area contributed by atoms with Crippen molar-refractivity contribution < 1.29 is 0 Å². The molecule has 0 radical (unpaired) electrons. The molecule has 1 saturated carbocycles. The number of anilines is 1. The van der Waals surface area contributed by atoms with Crippen LogP contribution in [0.5, 0.6) is 0 Å². The lowest BCUT2D eigenvalue weighted by atomic mass is 10.2. The molecule has 2 aromatic rings. The van der Waals surface area contributed by atoms with Crippen molar-refractivity contribution in [2.75, 3.05) is 5.32 Å². The van der Waals surface area contributed by atoms with Crippen molar-refractivity contribution in [2.24, 2.45) is 0 Å². The zero-order valence-electron chi connectivity index (χ0n) is 8.74. The summed E-state index contributed by atoms with van der Waals surface area (Å²) in [7, 11) is 0. The number of rotatable bonds is 2. The topological polar surface area (TPSA) is 37.8 Å². The fourth-order valence-electron chi connectivity index (χ4n) is 2.20. The highest BCUT2D eigenvalue weighted by Gasteiger charge is 2.17. The minimum atomic E-state index is 0.325. The summed E-state index contributed by atoms with van der Waals surface area (Å²) in [6.07, 6.45) is 5.08. The molecule has 0 spiro atoms. The van der Waals surface area contributed by atoms with Crippen LogP contribution in [0.2, 0.25) is 5.28 Å². The third-order valence-electron chi connectivity index (χ3n) is 3.01. The van der Waals surface area contributed by atoms with Gasteiger partial charge in [-0.2, -0.15) is 0 Å². The summed E-state index contributed by atoms with van der Waals surface area (Å²) in [5.41, 5.74) is 0.936. The third-order valence-corrected chi connectivity index (χ3v) is 3.91. The van der Waals surface area contributed by atoms with E-state index in [1.807, 2.05) is 5.38 Å². The van der Waals surface area contributed by atoms with Crippen LogP contribution in [0.1, 0.15) is 25.7 Å². The Balaban J connectivity index is 1.97. The van der Waals surface area contributed by atoms with Crippen LogP contribution in [-0.4, -0.2) is 16.0 Å². The molecule has 1 aliphatic rings. The van der Waals surface area contributed by atoms with Crippen LogP contribution < -0.4 is 5.32 Å². The number of halogens is 1.